The van der Waals surface area contributed by atoms with Crippen molar-refractivity contribution in [3.8, 4) is 0 Å². The molecule has 2 heteroatoms. The van der Waals surface area contributed by atoms with Gasteiger partial charge in [0.15, 0.2) is 0 Å². The SMILES string of the molecule is CCC1(CC)Cc2cccc3c(C)cn4cc[n+]1c4c23. The van der Waals surface area contributed by atoms with Crippen LogP contribution in [0.3, 0.4) is 0 Å². The Morgan fingerprint density at radius 2 is 2.05 bits per heavy atom. The van der Waals surface area contributed by atoms with Crippen molar-refractivity contribution in [3.05, 3.63) is 47.9 Å². The second kappa shape index (κ2) is 3.85. The number of aromatic nitrogens is 2. The van der Waals surface area contributed by atoms with Gasteiger partial charge < -0.3 is 0 Å². The molecule has 0 spiro atoms. The topological polar surface area (TPSA) is 8.29 Å². The van der Waals surface area contributed by atoms with Gasteiger partial charge in [-0.2, -0.15) is 0 Å². The van der Waals surface area contributed by atoms with Crippen LogP contribution in [0.15, 0.2) is 36.8 Å². The van der Waals surface area contributed by atoms with Gasteiger partial charge in [-0.1, -0.05) is 32.0 Å². The van der Waals surface area contributed by atoms with Crippen LogP contribution in [0.1, 0.15) is 37.8 Å². The summed E-state index contributed by atoms with van der Waals surface area (Å²) in [6.07, 6.45) is 10.3. The molecule has 4 rings (SSSR count). The van der Waals surface area contributed by atoms with Crippen molar-refractivity contribution in [2.45, 2.75) is 45.6 Å². The molecule has 2 nitrogen and oxygen atoms in total. The number of nitrogens with zero attached hydrogens (tertiary/aromatic N) is 2. The van der Waals surface area contributed by atoms with Crippen molar-refractivity contribution < 1.29 is 4.57 Å². The third-order valence-electron chi connectivity index (χ3n) is 5.33. The molecule has 1 aliphatic heterocycles. The van der Waals surface area contributed by atoms with Crippen LogP contribution in [0.2, 0.25) is 0 Å². The third-order valence-corrected chi connectivity index (χ3v) is 5.33. The number of hydrogen-bond acceptors (Lipinski definition) is 0. The second-order valence-corrected chi connectivity index (χ2v) is 6.16. The van der Waals surface area contributed by atoms with E-state index in [0.29, 0.717) is 0 Å². The van der Waals surface area contributed by atoms with E-state index in [9.17, 15) is 0 Å². The van der Waals surface area contributed by atoms with Crippen molar-refractivity contribution in [2.75, 3.05) is 0 Å². The quantitative estimate of drug-likeness (QED) is 0.624. The monoisotopic (exact) mass is 265 g/mol. The Morgan fingerprint density at radius 3 is 2.80 bits per heavy atom. The Bertz CT molecular complexity index is 822. The van der Waals surface area contributed by atoms with Gasteiger partial charge in [0.25, 0.3) is 5.65 Å². The molecular formula is C18H21N2+. The Labute approximate surface area is 119 Å². The van der Waals surface area contributed by atoms with Crippen LogP contribution in [0.5, 0.6) is 0 Å². The van der Waals surface area contributed by atoms with E-state index in [4.69, 9.17) is 0 Å². The molecule has 0 aliphatic carbocycles. The number of aryl methyl sites for hydroxylation is 1. The zero-order chi connectivity index (χ0) is 13.9. The fourth-order valence-corrected chi connectivity index (χ4v) is 4.04. The lowest BCUT2D eigenvalue weighted by Crippen LogP contribution is -2.58. The highest BCUT2D eigenvalue weighted by molar-refractivity contribution is 5.97. The molecule has 0 amide bonds. The van der Waals surface area contributed by atoms with Gasteiger partial charge in [0, 0.05) is 6.42 Å². The van der Waals surface area contributed by atoms with Gasteiger partial charge in [-0.15, -0.1) is 0 Å². The lowest BCUT2D eigenvalue weighted by Gasteiger charge is -2.32. The fraction of sp³-hybridized carbons (Fsp3) is 0.389. The predicted octanol–water partition coefficient (Wildman–Crippen LogP) is 3.76. The molecule has 20 heavy (non-hydrogen) atoms. The van der Waals surface area contributed by atoms with Gasteiger partial charge in [-0.05, 0) is 36.3 Å². The molecule has 0 saturated carbocycles. The Hall–Kier alpha value is -1.83. The van der Waals surface area contributed by atoms with Crippen LogP contribution >= 0.6 is 0 Å². The van der Waals surface area contributed by atoms with Crippen LogP contribution in [0.4, 0.5) is 0 Å². The molecule has 2 aromatic heterocycles. The lowest BCUT2D eigenvalue weighted by atomic mass is 9.81. The number of hydrogen-bond donors (Lipinski definition) is 0. The Morgan fingerprint density at radius 1 is 1.25 bits per heavy atom. The van der Waals surface area contributed by atoms with Gasteiger partial charge in [-0.25, -0.2) is 8.97 Å². The summed E-state index contributed by atoms with van der Waals surface area (Å²) in [5, 5.41) is 2.86. The van der Waals surface area contributed by atoms with Crippen LogP contribution in [0.25, 0.3) is 16.4 Å². The minimum absolute atomic E-state index is 0.241. The molecule has 0 radical (unpaired) electrons. The van der Waals surface area contributed by atoms with E-state index < -0.39 is 0 Å². The first-order chi connectivity index (χ1) is 9.70. The second-order valence-electron chi connectivity index (χ2n) is 6.16. The lowest BCUT2D eigenvalue weighted by molar-refractivity contribution is -0.743. The van der Waals surface area contributed by atoms with E-state index in [1.54, 1.807) is 0 Å². The molecule has 0 N–H and O–H groups in total. The number of pyridine rings is 1. The molecule has 1 aromatic carbocycles. The first-order valence-electron chi connectivity index (χ1n) is 7.64. The average Bonchev–Trinajstić information content (AvgIpc) is 2.90. The van der Waals surface area contributed by atoms with Gasteiger partial charge in [0.05, 0.1) is 11.6 Å². The summed E-state index contributed by atoms with van der Waals surface area (Å²) in [6, 6.07) is 6.80. The van der Waals surface area contributed by atoms with Crippen LogP contribution in [-0.4, -0.2) is 4.40 Å². The Balaban J connectivity index is 2.25. The summed E-state index contributed by atoms with van der Waals surface area (Å²) in [6.45, 7) is 6.85. The molecule has 0 unspecified atom stereocenters. The zero-order valence-electron chi connectivity index (χ0n) is 12.5. The minimum atomic E-state index is 0.241. The highest BCUT2D eigenvalue weighted by Crippen LogP contribution is 2.36. The van der Waals surface area contributed by atoms with E-state index in [2.05, 4.69) is 66.5 Å². The number of rotatable bonds is 2. The Kier molecular flexibility index (Phi) is 2.30. The fourth-order valence-electron chi connectivity index (χ4n) is 4.04. The molecule has 102 valence electrons. The average molecular weight is 265 g/mol. The molecule has 0 atom stereocenters. The molecular weight excluding hydrogens is 244 g/mol. The van der Waals surface area contributed by atoms with E-state index in [0.717, 1.165) is 6.42 Å². The summed E-state index contributed by atoms with van der Waals surface area (Å²) >= 11 is 0. The highest BCUT2D eigenvalue weighted by Gasteiger charge is 2.40. The van der Waals surface area contributed by atoms with Crippen LogP contribution in [0, 0.1) is 6.92 Å². The number of benzene rings is 1. The van der Waals surface area contributed by atoms with Gasteiger partial charge in [-0.3, -0.25) is 0 Å². The maximum absolute atomic E-state index is 2.53. The zero-order valence-corrected chi connectivity index (χ0v) is 12.5. The van der Waals surface area contributed by atoms with Crippen LogP contribution in [-0.2, 0) is 12.0 Å². The maximum atomic E-state index is 2.53. The number of imidazole rings is 1. The summed E-state index contributed by atoms with van der Waals surface area (Å²) in [5.41, 5.74) is 4.48. The first-order valence-corrected chi connectivity index (χ1v) is 7.64. The van der Waals surface area contributed by atoms with E-state index >= 15 is 0 Å². The van der Waals surface area contributed by atoms with Crippen molar-refractivity contribution in [2.24, 2.45) is 0 Å². The maximum Gasteiger partial charge on any atom is 0.294 e. The molecule has 3 aromatic rings. The van der Waals surface area contributed by atoms with Crippen molar-refractivity contribution in [1.29, 1.82) is 0 Å². The van der Waals surface area contributed by atoms with E-state index in [1.165, 1.54) is 40.4 Å². The van der Waals surface area contributed by atoms with Crippen molar-refractivity contribution >= 4 is 16.4 Å². The standard InChI is InChI=1S/C18H21N2/c1-4-18(5-2)11-14-7-6-8-15-13(3)12-19-9-10-20(18)17(19)16(14)15/h6-10,12H,4-5,11H2,1-3H3/q+1. The van der Waals surface area contributed by atoms with E-state index in [1.807, 2.05) is 0 Å². The predicted molar refractivity (Wildman–Crippen MR) is 82.1 cm³/mol. The summed E-state index contributed by atoms with van der Waals surface area (Å²) in [4.78, 5) is 0. The van der Waals surface area contributed by atoms with Gasteiger partial charge in [0.2, 0.25) is 0 Å². The third kappa shape index (κ3) is 1.27. The summed E-state index contributed by atoms with van der Waals surface area (Å²) in [7, 11) is 0. The summed E-state index contributed by atoms with van der Waals surface area (Å²) in [5.74, 6) is 0. The van der Waals surface area contributed by atoms with Gasteiger partial charge >= 0.3 is 0 Å². The normalized spacial score (nSPS) is 16.4. The molecule has 0 saturated heterocycles. The minimum Gasteiger partial charge on any atom is -0.224 e. The van der Waals surface area contributed by atoms with Crippen molar-refractivity contribution in [3.63, 3.8) is 0 Å². The molecule has 1 aliphatic rings. The highest BCUT2D eigenvalue weighted by atomic mass is 15.2. The van der Waals surface area contributed by atoms with Crippen LogP contribution < -0.4 is 4.57 Å². The largest absolute Gasteiger partial charge is 0.294 e. The molecule has 0 bridgehead atoms. The first kappa shape index (κ1) is 12.0. The smallest absolute Gasteiger partial charge is 0.224 e. The van der Waals surface area contributed by atoms with Crippen molar-refractivity contribution in [1.82, 2.24) is 4.40 Å². The van der Waals surface area contributed by atoms with Gasteiger partial charge in [0.1, 0.15) is 17.9 Å². The summed E-state index contributed by atoms with van der Waals surface area (Å²) < 4.78 is 4.84. The molecule has 3 heterocycles. The molecule has 0 fully saturated rings. The van der Waals surface area contributed by atoms with E-state index in [-0.39, 0.29) is 5.54 Å².